The van der Waals surface area contributed by atoms with Crippen LogP contribution in [0.2, 0.25) is 0 Å². The van der Waals surface area contributed by atoms with E-state index < -0.39 is 37.1 Å². The molecular weight excluding hydrogens is 392 g/mol. The molecule has 0 radical (unpaired) electrons. The van der Waals surface area contributed by atoms with Gasteiger partial charge in [0.05, 0.1) is 0 Å². The van der Waals surface area contributed by atoms with Crippen molar-refractivity contribution >= 4 is 41.6 Å². The lowest BCUT2D eigenvalue weighted by Crippen LogP contribution is -2.37. The normalized spacial score (nSPS) is 13.3. The van der Waals surface area contributed by atoms with Crippen molar-refractivity contribution in [3.8, 4) is 0 Å². The van der Waals surface area contributed by atoms with E-state index in [1.165, 1.54) is 0 Å². The van der Waals surface area contributed by atoms with E-state index in [1.807, 2.05) is 13.8 Å². The summed E-state index contributed by atoms with van der Waals surface area (Å²) in [5, 5.41) is 2.40. The zero-order chi connectivity index (χ0) is 16.5. The monoisotopic (exact) mass is 403 g/mol. The van der Waals surface area contributed by atoms with Crippen molar-refractivity contribution in [1.82, 2.24) is 5.32 Å². The van der Waals surface area contributed by atoms with Crippen LogP contribution in [0.3, 0.4) is 0 Å². The molecule has 0 aliphatic carbocycles. The molecule has 1 unspecified atom stereocenters. The molecule has 4 nitrogen and oxygen atoms in total. The number of halogens is 4. The van der Waals surface area contributed by atoms with E-state index in [2.05, 4.69) is 21.2 Å². The van der Waals surface area contributed by atoms with Crippen LogP contribution in [0, 0.1) is 17.6 Å². The highest BCUT2D eigenvalue weighted by atomic mass is 79.9. The number of amides is 1. The van der Waals surface area contributed by atoms with Crippen LogP contribution >= 0.6 is 26.6 Å². The SMILES string of the molecule is CC(C)C(C)NC(=O)c1c(F)cc(Br)c(S(=O)(=O)Cl)c1F. The molecule has 0 aromatic heterocycles. The van der Waals surface area contributed by atoms with Crippen LogP contribution in [-0.2, 0) is 9.05 Å². The van der Waals surface area contributed by atoms with Crippen LogP contribution in [-0.4, -0.2) is 20.4 Å². The number of carbonyl (C=O) groups is 1. The smallest absolute Gasteiger partial charge is 0.265 e. The molecule has 9 heteroatoms. The number of benzene rings is 1. The average Bonchev–Trinajstić information content (AvgIpc) is 2.25. The molecule has 1 N–H and O–H groups in total. The maximum absolute atomic E-state index is 14.2. The Balaban J connectivity index is 3.41. The van der Waals surface area contributed by atoms with Gasteiger partial charge in [-0.15, -0.1) is 0 Å². The number of rotatable bonds is 4. The van der Waals surface area contributed by atoms with Gasteiger partial charge in [0.25, 0.3) is 15.0 Å². The first kappa shape index (κ1) is 18.3. The number of carbonyl (C=O) groups excluding carboxylic acids is 1. The molecule has 1 aromatic carbocycles. The molecule has 0 saturated heterocycles. The largest absolute Gasteiger partial charge is 0.349 e. The minimum atomic E-state index is -4.48. The van der Waals surface area contributed by atoms with Crippen LogP contribution < -0.4 is 5.32 Å². The molecule has 1 aromatic rings. The van der Waals surface area contributed by atoms with Crippen molar-refractivity contribution in [2.45, 2.75) is 31.7 Å². The van der Waals surface area contributed by atoms with Gasteiger partial charge >= 0.3 is 0 Å². The second kappa shape index (κ2) is 6.58. The maximum atomic E-state index is 14.2. The standard InChI is InChI=1S/C12H13BrClF2NO3S/c1-5(2)6(3)17-12(18)9-8(15)4-7(13)11(10(9)16)21(14,19)20/h4-6H,1-3H3,(H,17,18). The van der Waals surface area contributed by atoms with E-state index in [-0.39, 0.29) is 16.4 Å². The van der Waals surface area contributed by atoms with E-state index in [1.54, 1.807) is 6.92 Å². The van der Waals surface area contributed by atoms with Gasteiger partial charge in [-0.05, 0) is 34.8 Å². The summed E-state index contributed by atoms with van der Waals surface area (Å²) in [6.07, 6.45) is 0. The molecule has 0 spiro atoms. The van der Waals surface area contributed by atoms with Crippen molar-refractivity contribution in [2.24, 2.45) is 5.92 Å². The van der Waals surface area contributed by atoms with Gasteiger partial charge in [0.15, 0.2) is 5.82 Å². The fourth-order valence-electron chi connectivity index (χ4n) is 1.45. The highest BCUT2D eigenvalue weighted by molar-refractivity contribution is 9.10. The lowest BCUT2D eigenvalue weighted by Gasteiger charge is -2.18. The fraction of sp³-hybridized carbons (Fsp3) is 0.417. The lowest BCUT2D eigenvalue weighted by atomic mass is 10.1. The molecule has 0 aliphatic heterocycles. The van der Waals surface area contributed by atoms with E-state index >= 15 is 0 Å². The zero-order valence-electron chi connectivity index (χ0n) is 11.4. The third-order valence-electron chi connectivity index (χ3n) is 2.96. The molecule has 0 fully saturated rings. The Hall–Kier alpha value is -0.730. The second-order valence-electron chi connectivity index (χ2n) is 4.80. The van der Waals surface area contributed by atoms with Crippen molar-refractivity contribution in [2.75, 3.05) is 0 Å². The molecule has 1 amide bonds. The Kier molecular flexibility index (Phi) is 5.74. The fourth-order valence-corrected chi connectivity index (χ4v) is 3.80. The summed E-state index contributed by atoms with van der Waals surface area (Å²) >= 11 is 2.72. The Labute approximate surface area is 134 Å². The van der Waals surface area contributed by atoms with Crippen LogP contribution in [0.4, 0.5) is 8.78 Å². The predicted molar refractivity (Wildman–Crippen MR) is 78.9 cm³/mol. The van der Waals surface area contributed by atoms with Gasteiger partial charge in [-0.2, -0.15) is 0 Å². The highest BCUT2D eigenvalue weighted by Crippen LogP contribution is 2.31. The first-order chi connectivity index (χ1) is 9.46. The van der Waals surface area contributed by atoms with Crippen LogP contribution in [0.15, 0.2) is 15.4 Å². The maximum Gasteiger partial charge on any atom is 0.265 e. The summed E-state index contributed by atoms with van der Waals surface area (Å²) in [7, 11) is 0.624. The lowest BCUT2D eigenvalue weighted by molar-refractivity contribution is 0.0921. The molecule has 0 saturated carbocycles. The van der Waals surface area contributed by atoms with E-state index in [4.69, 9.17) is 10.7 Å². The second-order valence-corrected chi connectivity index (χ2v) is 8.16. The number of nitrogens with one attached hydrogen (secondary N) is 1. The van der Waals surface area contributed by atoms with Crippen LogP contribution in [0.5, 0.6) is 0 Å². The van der Waals surface area contributed by atoms with Gasteiger partial charge in [0.1, 0.15) is 16.3 Å². The minimum Gasteiger partial charge on any atom is -0.349 e. The Morgan fingerprint density at radius 2 is 1.86 bits per heavy atom. The highest BCUT2D eigenvalue weighted by Gasteiger charge is 2.29. The topological polar surface area (TPSA) is 63.2 Å². The number of hydrogen-bond donors (Lipinski definition) is 1. The quantitative estimate of drug-likeness (QED) is 0.782. The first-order valence-corrected chi connectivity index (χ1v) is 9.00. The summed E-state index contributed by atoms with van der Waals surface area (Å²) in [6, 6.07) is 0.337. The third-order valence-corrected chi connectivity index (χ3v) is 5.20. The molecule has 0 heterocycles. The summed E-state index contributed by atoms with van der Waals surface area (Å²) in [5.74, 6) is -3.71. The molecular formula is C12H13BrClF2NO3S. The molecule has 1 rings (SSSR count). The van der Waals surface area contributed by atoms with Crippen LogP contribution in [0.1, 0.15) is 31.1 Å². The predicted octanol–water partition coefficient (Wildman–Crippen LogP) is 3.43. The summed E-state index contributed by atoms with van der Waals surface area (Å²) in [4.78, 5) is 11.0. The van der Waals surface area contributed by atoms with Crippen molar-refractivity contribution in [1.29, 1.82) is 0 Å². The van der Waals surface area contributed by atoms with Crippen molar-refractivity contribution < 1.29 is 22.0 Å². The Morgan fingerprint density at radius 3 is 2.29 bits per heavy atom. The van der Waals surface area contributed by atoms with Crippen LogP contribution in [0.25, 0.3) is 0 Å². The Morgan fingerprint density at radius 1 is 1.33 bits per heavy atom. The van der Waals surface area contributed by atoms with Gasteiger partial charge < -0.3 is 5.32 Å². The van der Waals surface area contributed by atoms with E-state index in [0.29, 0.717) is 6.07 Å². The summed E-state index contributed by atoms with van der Waals surface area (Å²) in [6.45, 7) is 5.29. The molecule has 1 atom stereocenters. The van der Waals surface area contributed by atoms with Gasteiger partial charge in [-0.1, -0.05) is 13.8 Å². The molecule has 0 bridgehead atoms. The third kappa shape index (κ3) is 4.14. The van der Waals surface area contributed by atoms with Gasteiger partial charge in [0, 0.05) is 21.2 Å². The van der Waals surface area contributed by atoms with E-state index in [9.17, 15) is 22.0 Å². The Bertz CT molecular complexity index is 680. The summed E-state index contributed by atoms with van der Waals surface area (Å²) in [5.41, 5.74) is -0.982. The number of hydrogen-bond acceptors (Lipinski definition) is 3. The summed E-state index contributed by atoms with van der Waals surface area (Å²) < 4.78 is 50.3. The van der Waals surface area contributed by atoms with Gasteiger partial charge in [-0.3, -0.25) is 4.79 Å². The van der Waals surface area contributed by atoms with Crippen molar-refractivity contribution in [3.05, 3.63) is 27.7 Å². The zero-order valence-corrected chi connectivity index (χ0v) is 14.5. The average molecular weight is 405 g/mol. The molecule has 21 heavy (non-hydrogen) atoms. The molecule has 0 aliphatic rings. The minimum absolute atomic E-state index is 0.0340. The van der Waals surface area contributed by atoms with Crippen molar-refractivity contribution in [3.63, 3.8) is 0 Å². The van der Waals surface area contributed by atoms with E-state index in [0.717, 1.165) is 0 Å². The first-order valence-electron chi connectivity index (χ1n) is 5.89. The molecule has 118 valence electrons. The van der Waals surface area contributed by atoms with Gasteiger partial charge in [0.2, 0.25) is 0 Å². The van der Waals surface area contributed by atoms with Gasteiger partial charge in [-0.25, -0.2) is 17.2 Å².